The Morgan fingerprint density at radius 2 is 1.67 bits per heavy atom. The molecule has 0 saturated heterocycles. The number of aliphatic hydroxyl groups is 1. The molecule has 0 saturated carbocycles. The lowest BCUT2D eigenvalue weighted by molar-refractivity contribution is 0.299. The summed E-state index contributed by atoms with van der Waals surface area (Å²) in [4.78, 5) is 0. The van der Waals surface area contributed by atoms with Crippen molar-refractivity contribution in [2.45, 2.75) is 26.8 Å². The standard InChI is InChI=1S/C26H26FNO2/c1-17-4-11-24-23(14-17)25(27)26(22-10-9-21(30-3)15-18(22)2)28(24)16-20-7-5-19(6-8-20)12-13-29/h4-11,14-15,29H,12-13,16H2,1-3H3. The Balaban J connectivity index is 1.88. The summed E-state index contributed by atoms with van der Waals surface area (Å²) in [7, 11) is 1.63. The van der Waals surface area contributed by atoms with Gasteiger partial charge in [-0.2, -0.15) is 0 Å². The molecule has 0 unspecified atom stereocenters. The molecule has 0 amide bonds. The van der Waals surface area contributed by atoms with Crippen LogP contribution in [0.25, 0.3) is 22.2 Å². The van der Waals surface area contributed by atoms with Gasteiger partial charge in [0.05, 0.1) is 18.3 Å². The van der Waals surface area contributed by atoms with Crippen molar-refractivity contribution in [1.82, 2.24) is 4.57 Å². The lowest BCUT2D eigenvalue weighted by Gasteiger charge is -2.14. The van der Waals surface area contributed by atoms with E-state index in [9.17, 15) is 0 Å². The Labute approximate surface area is 176 Å². The van der Waals surface area contributed by atoms with Crippen LogP contribution in [0.1, 0.15) is 22.3 Å². The molecule has 1 aromatic heterocycles. The van der Waals surface area contributed by atoms with Crippen molar-refractivity contribution in [2.75, 3.05) is 13.7 Å². The molecule has 30 heavy (non-hydrogen) atoms. The number of halogens is 1. The number of hydrogen-bond donors (Lipinski definition) is 1. The van der Waals surface area contributed by atoms with E-state index in [4.69, 9.17) is 9.84 Å². The lowest BCUT2D eigenvalue weighted by Crippen LogP contribution is -2.04. The third-order valence-electron chi connectivity index (χ3n) is 5.61. The van der Waals surface area contributed by atoms with Crippen LogP contribution in [0.15, 0.2) is 60.7 Å². The summed E-state index contributed by atoms with van der Waals surface area (Å²) >= 11 is 0. The van der Waals surface area contributed by atoms with E-state index >= 15 is 4.39 Å². The summed E-state index contributed by atoms with van der Waals surface area (Å²) in [6, 6.07) is 19.8. The van der Waals surface area contributed by atoms with Crippen LogP contribution in [0.4, 0.5) is 4.39 Å². The number of rotatable bonds is 6. The van der Waals surface area contributed by atoms with Crippen molar-refractivity contribution in [3.8, 4) is 17.0 Å². The fourth-order valence-corrected chi connectivity index (χ4v) is 4.01. The fourth-order valence-electron chi connectivity index (χ4n) is 4.01. The first-order valence-electron chi connectivity index (χ1n) is 10.1. The zero-order chi connectivity index (χ0) is 21.3. The fraction of sp³-hybridized carbons (Fsp3) is 0.231. The van der Waals surface area contributed by atoms with E-state index in [1.807, 2.05) is 74.5 Å². The monoisotopic (exact) mass is 403 g/mol. The maximum Gasteiger partial charge on any atom is 0.156 e. The summed E-state index contributed by atoms with van der Waals surface area (Å²) in [6.45, 7) is 4.65. The van der Waals surface area contributed by atoms with E-state index in [2.05, 4.69) is 4.57 Å². The van der Waals surface area contributed by atoms with Crippen LogP contribution in [-0.4, -0.2) is 23.4 Å². The molecule has 4 aromatic rings. The highest BCUT2D eigenvalue weighted by atomic mass is 19.1. The Hall–Kier alpha value is -3.11. The van der Waals surface area contributed by atoms with Gasteiger partial charge in [0.25, 0.3) is 0 Å². The highest BCUT2D eigenvalue weighted by Crippen LogP contribution is 2.36. The van der Waals surface area contributed by atoms with Crippen molar-refractivity contribution in [3.63, 3.8) is 0 Å². The van der Waals surface area contributed by atoms with Gasteiger partial charge in [-0.05, 0) is 67.3 Å². The zero-order valence-corrected chi connectivity index (χ0v) is 17.6. The van der Waals surface area contributed by atoms with E-state index in [0.717, 1.165) is 39.1 Å². The molecule has 3 nitrogen and oxygen atoms in total. The first-order chi connectivity index (χ1) is 14.5. The number of fused-ring (bicyclic) bond motifs is 1. The Morgan fingerprint density at radius 1 is 0.933 bits per heavy atom. The summed E-state index contributed by atoms with van der Waals surface area (Å²) in [5, 5.41) is 9.78. The normalized spacial score (nSPS) is 11.2. The zero-order valence-electron chi connectivity index (χ0n) is 17.6. The quantitative estimate of drug-likeness (QED) is 0.451. The third kappa shape index (κ3) is 3.71. The summed E-state index contributed by atoms with van der Waals surface area (Å²) in [6.07, 6.45) is 0.636. The van der Waals surface area contributed by atoms with Gasteiger partial charge in [0, 0.05) is 24.1 Å². The molecule has 4 rings (SSSR count). The molecule has 0 atom stereocenters. The molecule has 0 radical (unpaired) electrons. The van der Waals surface area contributed by atoms with Gasteiger partial charge in [-0.15, -0.1) is 0 Å². The molecule has 0 fully saturated rings. The number of aryl methyl sites for hydroxylation is 2. The van der Waals surface area contributed by atoms with Crippen LogP contribution >= 0.6 is 0 Å². The molecule has 0 aliphatic carbocycles. The molecule has 1 N–H and O–H groups in total. The van der Waals surface area contributed by atoms with Crippen LogP contribution in [0.2, 0.25) is 0 Å². The predicted octanol–water partition coefficient (Wildman–Crippen LogP) is 5.66. The molecular weight excluding hydrogens is 377 g/mol. The van der Waals surface area contributed by atoms with Crippen LogP contribution in [0.3, 0.4) is 0 Å². The SMILES string of the molecule is COc1ccc(-c2c(F)c3cc(C)ccc3n2Cc2ccc(CCO)cc2)c(C)c1. The summed E-state index contributed by atoms with van der Waals surface area (Å²) in [5.74, 6) is 0.563. The van der Waals surface area contributed by atoms with E-state index in [-0.39, 0.29) is 12.4 Å². The highest BCUT2D eigenvalue weighted by molar-refractivity contribution is 5.89. The smallest absolute Gasteiger partial charge is 0.156 e. The molecule has 0 aliphatic heterocycles. The van der Waals surface area contributed by atoms with Gasteiger partial charge in [-0.1, -0.05) is 35.9 Å². The van der Waals surface area contributed by atoms with E-state index in [1.54, 1.807) is 7.11 Å². The minimum Gasteiger partial charge on any atom is -0.497 e. The Morgan fingerprint density at radius 3 is 2.33 bits per heavy atom. The minimum absolute atomic E-state index is 0.132. The van der Waals surface area contributed by atoms with Crippen molar-refractivity contribution in [3.05, 3.63) is 88.7 Å². The number of aromatic nitrogens is 1. The number of aliphatic hydroxyl groups excluding tert-OH is 1. The van der Waals surface area contributed by atoms with Gasteiger partial charge in [-0.25, -0.2) is 4.39 Å². The number of hydrogen-bond acceptors (Lipinski definition) is 2. The molecule has 154 valence electrons. The largest absolute Gasteiger partial charge is 0.497 e. The van der Waals surface area contributed by atoms with Gasteiger partial charge in [0.15, 0.2) is 5.82 Å². The number of nitrogens with zero attached hydrogens (tertiary/aromatic N) is 1. The molecular formula is C26H26FNO2. The van der Waals surface area contributed by atoms with Gasteiger partial charge >= 0.3 is 0 Å². The summed E-state index contributed by atoms with van der Waals surface area (Å²) < 4.78 is 23.1. The van der Waals surface area contributed by atoms with E-state index < -0.39 is 0 Å². The average Bonchev–Trinajstić information content (AvgIpc) is 3.00. The van der Waals surface area contributed by atoms with Crippen molar-refractivity contribution in [1.29, 1.82) is 0 Å². The predicted molar refractivity (Wildman–Crippen MR) is 120 cm³/mol. The van der Waals surface area contributed by atoms with Crippen LogP contribution in [-0.2, 0) is 13.0 Å². The summed E-state index contributed by atoms with van der Waals surface area (Å²) in [5.41, 5.74) is 6.50. The second-order valence-corrected chi connectivity index (χ2v) is 7.74. The van der Waals surface area contributed by atoms with Crippen LogP contribution in [0.5, 0.6) is 5.75 Å². The second-order valence-electron chi connectivity index (χ2n) is 7.74. The number of ether oxygens (including phenoxy) is 1. The molecule has 0 aliphatic rings. The topological polar surface area (TPSA) is 34.4 Å². The van der Waals surface area contributed by atoms with E-state index in [0.29, 0.717) is 24.0 Å². The lowest BCUT2D eigenvalue weighted by atomic mass is 10.0. The van der Waals surface area contributed by atoms with Crippen molar-refractivity contribution in [2.24, 2.45) is 0 Å². The maximum atomic E-state index is 15.7. The minimum atomic E-state index is -0.195. The first kappa shape index (κ1) is 20.2. The van der Waals surface area contributed by atoms with Crippen LogP contribution < -0.4 is 4.74 Å². The Bertz CT molecular complexity index is 1190. The van der Waals surface area contributed by atoms with Crippen molar-refractivity contribution < 1.29 is 14.2 Å². The second kappa shape index (κ2) is 8.33. The molecule has 0 spiro atoms. The number of methoxy groups -OCH3 is 1. The van der Waals surface area contributed by atoms with Gasteiger partial charge in [0.1, 0.15) is 5.75 Å². The molecule has 3 aromatic carbocycles. The van der Waals surface area contributed by atoms with Crippen LogP contribution in [0, 0.1) is 19.7 Å². The van der Waals surface area contributed by atoms with Crippen molar-refractivity contribution >= 4 is 10.9 Å². The van der Waals surface area contributed by atoms with Gasteiger partial charge in [-0.3, -0.25) is 0 Å². The first-order valence-corrected chi connectivity index (χ1v) is 10.1. The molecule has 1 heterocycles. The van der Waals surface area contributed by atoms with E-state index in [1.165, 1.54) is 0 Å². The average molecular weight is 403 g/mol. The van der Waals surface area contributed by atoms with Gasteiger partial charge < -0.3 is 14.4 Å². The Kier molecular flexibility index (Phi) is 5.60. The maximum absolute atomic E-state index is 15.7. The molecule has 4 heteroatoms. The number of benzene rings is 3. The highest BCUT2D eigenvalue weighted by Gasteiger charge is 2.20. The van der Waals surface area contributed by atoms with Gasteiger partial charge in [0.2, 0.25) is 0 Å². The molecule has 0 bridgehead atoms. The third-order valence-corrected chi connectivity index (χ3v) is 5.61.